The second kappa shape index (κ2) is 9.15. The number of nitrogens with zero attached hydrogens (tertiary/aromatic N) is 1. The van der Waals surface area contributed by atoms with Gasteiger partial charge >= 0.3 is 12.1 Å². The zero-order valence-electron chi connectivity index (χ0n) is 19.3. The largest absolute Gasteiger partial charge is 0.462 e. The molecule has 182 valence electrons. The first kappa shape index (κ1) is 23.6. The highest BCUT2D eigenvalue weighted by Gasteiger charge is 2.30. The van der Waals surface area contributed by atoms with Crippen molar-refractivity contribution in [2.24, 2.45) is 0 Å². The van der Waals surface area contributed by atoms with Crippen molar-refractivity contribution in [1.29, 1.82) is 0 Å². The quantitative estimate of drug-likeness (QED) is 0.186. The minimum absolute atomic E-state index is 0.238. The van der Waals surface area contributed by atoms with Crippen molar-refractivity contribution in [3.05, 3.63) is 113 Å². The van der Waals surface area contributed by atoms with E-state index in [0.717, 1.165) is 45.1 Å². The highest BCUT2D eigenvalue weighted by Crippen LogP contribution is 2.35. The molecule has 36 heavy (non-hydrogen) atoms. The van der Waals surface area contributed by atoms with Gasteiger partial charge in [0, 0.05) is 16.5 Å². The molecule has 0 aliphatic carbocycles. The van der Waals surface area contributed by atoms with E-state index < -0.39 is 17.7 Å². The van der Waals surface area contributed by atoms with Crippen LogP contribution in [0.25, 0.3) is 27.5 Å². The number of esters is 1. The summed E-state index contributed by atoms with van der Waals surface area (Å²) in [6.45, 7) is 1.97. The van der Waals surface area contributed by atoms with Crippen LogP contribution in [0.3, 0.4) is 0 Å². The average Bonchev–Trinajstić information content (AvgIpc) is 3.17. The Bertz CT molecular complexity index is 1580. The van der Waals surface area contributed by atoms with E-state index in [2.05, 4.69) is 0 Å². The van der Waals surface area contributed by atoms with Crippen molar-refractivity contribution in [2.45, 2.75) is 19.5 Å². The molecule has 5 aromatic rings. The van der Waals surface area contributed by atoms with E-state index in [4.69, 9.17) is 4.74 Å². The molecule has 3 nitrogen and oxygen atoms in total. The minimum Gasteiger partial charge on any atom is -0.462 e. The summed E-state index contributed by atoms with van der Waals surface area (Å²) < 4.78 is 60.1. The second-order valence-electron chi connectivity index (χ2n) is 8.49. The molecule has 7 heteroatoms. The van der Waals surface area contributed by atoms with E-state index in [1.165, 1.54) is 24.3 Å². The van der Waals surface area contributed by atoms with E-state index >= 15 is 0 Å². The number of carbonyl (C=O) groups is 1. The Hall–Kier alpha value is -4.13. The maximum absolute atomic E-state index is 13.7. The van der Waals surface area contributed by atoms with Crippen molar-refractivity contribution >= 4 is 27.8 Å². The van der Waals surface area contributed by atoms with Crippen molar-refractivity contribution in [3.8, 4) is 5.69 Å². The fourth-order valence-corrected chi connectivity index (χ4v) is 4.48. The maximum atomic E-state index is 13.7. The van der Waals surface area contributed by atoms with E-state index in [-0.39, 0.29) is 12.4 Å². The third-order valence-corrected chi connectivity index (χ3v) is 6.09. The van der Waals surface area contributed by atoms with E-state index in [0.29, 0.717) is 17.7 Å². The van der Waals surface area contributed by atoms with Gasteiger partial charge in [-0.25, -0.2) is 9.18 Å². The maximum Gasteiger partial charge on any atom is 0.416 e. The lowest BCUT2D eigenvalue weighted by atomic mass is 10.0. The third kappa shape index (κ3) is 4.44. The second-order valence-corrected chi connectivity index (χ2v) is 8.49. The van der Waals surface area contributed by atoms with Crippen LogP contribution in [-0.4, -0.2) is 17.1 Å². The lowest BCUT2D eigenvalue weighted by molar-refractivity contribution is -0.137. The summed E-state index contributed by atoms with van der Waals surface area (Å²) >= 11 is 0. The van der Waals surface area contributed by atoms with Gasteiger partial charge in [0.15, 0.2) is 0 Å². The van der Waals surface area contributed by atoms with Crippen LogP contribution in [0.2, 0.25) is 0 Å². The van der Waals surface area contributed by atoms with Gasteiger partial charge in [-0.3, -0.25) is 0 Å². The van der Waals surface area contributed by atoms with Crippen molar-refractivity contribution in [2.75, 3.05) is 6.61 Å². The molecule has 0 saturated carbocycles. The summed E-state index contributed by atoms with van der Waals surface area (Å²) in [7, 11) is 0. The molecular weight excluding hydrogens is 470 g/mol. The fraction of sp³-hybridized carbons (Fsp3) is 0.138. The van der Waals surface area contributed by atoms with Gasteiger partial charge in [0.2, 0.25) is 0 Å². The molecule has 5 rings (SSSR count). The normalized spacial score (nSPS) is 11.8. The summed E-state index contributed by atoms with van der Waals surface area (Å²) in [6.07, 6.45) is -3.93. The van der Waals surface area contributed by atoms with Crippen LogP contribution in [-0.2, 0) is 17.3 Å². The molecule has 0 aliphatic heterocycles. The molecule has 4 aromatic carbocycles. The van der Waals surface area contributed by atoms with Crippen LogP contribution in [0.1, 0.15) is 34.0 Å². The van der Waals surface area contributed by atoms with Crippen molar-refractivity contribution in [1.82, 2.24) is 4.57 Å². The van der Waals surface area contributed by atoms with Crippen LogP contribution in [0, 0.1) is 5.82 Å². The first-order valence-electron chi connectivity index (χ1n) is 11.4. The highest BCUT2D eigenvalue weighted by molar-refractivity contribution is 6.11. The number of aromatic nitrogens is 1. The molecule has 0 aliphatic rings. The molecule has 0 N–H and O–H groups in total. The van der Waals surface area contributed by atoms with Crippen LogP contribution in [0.15, 0.2) is 84.9 Å². The number of hydrogen-bond acceptors (Lipinski definition) is 2. The molecule has 0 bridgehead atoms. The molecule has 0 saturated heterocycles. The lowest BCUT2D eigenvalue weighted by Crippen LogP contribution is -2.05. The monoisotopic (exact) mass is 491 g/mol. The van der Waals surface area contributed by atoms with Crippen LogP contribution in [0.5, 0.6) is 0 Å². The van der Waals surface area contributed by atoms with Gasteiger partial charge in [-0.15, -0.1) is 0 Å². The lowest BCUT2D eigenvalue weighted by Gasteiger charge is -2.11. The zero-order valence-corrected chi connectivity index (χ0v) is 19.3. The summed E-state index contributed by atoms with van der Waals surface area (Å²) in [6, 6.07) is 22.3. The molecule has 0 radical (unpaired) electrons. The SMILES string of the molecule is CCOC(=O)c1ccc2c(c1)c1cc(Cc3cccc(F)c3)ccc1n2-c1ccc(C(F)(F)F)cc1. The van der Waals surface area contributed by atoms with Crippen LogP contribution < -0.4 is 0 Å². The summed E-state index contributed by atoms with van der Waals surface area (Å²) in [5.41, 5.74) is 3.47. The predicted molar refractivity (Wildman–Crippen MR) is 131 cm³/mol. The van der Waals surface area contributed by atoms with Gasteiger partial charge < -0.3 is 9.30 Å². The Kier molecular flexibility index (Phi) is 6.00. The number of fused-ring (bicyclic) bond motifs is 3. The Balaban J connectivity index is 1.69. The number of rotatable bonds is 5. The van der Waals surface area contributed by atoms with Gasteiger partial charge in [0.25, 0.3) is 0 Å². The van der Waals surface area contributed by atoms with Gasteiger partial charge in [-0.2, -0.15) is 13.2 Å². The predicted octanol–water partition coefficient (Wildman–Crippen LogP) is 7.71. The summed E-state index contributed by atoms with van der Waals surface area (Å²) in [5, 5.41) is 1.58. The summed E-state index contributed by atoms with van der Waals surface area (Å²) in [5.74, 6) is -0.766. The average molecular weight is 491 g/mol. The standard InChI is InChI=1S/C29H21F4NO2/c1-2-36-28(35)20-7-13-27-25(17-20)24-16-19(14-18-4-3-5-22(30)15-18)6-12-26(24)34(27)23-10-8-21(9-11-23)29(31,32)33/h3-13,15-17H,2,14H2,1H3. The Labute approximate surface area is 204 Å². The smallest absolute Gasteiger partial charge is 0.416 e. The Morgan fingerprint density at radius 2 is 1.50 bits per heavy atom. The first-order chi connectivity index (χ1) is 17.2. The molecule has 0 fully saturated rings. The van der Waals surface area contributed by atoms with Crippen LogP contribution in [0.4, 0.5) is 17.6 Å². The fourth-order valence-electron chi connectivity index (χ4n) is 4.48. The number of alkyl halides is 3. The summed E-state index contributed by atoms with van der Waals surface area (Å²) in [4.78, 5) is 12.4. The van der Waals surface area contributed by atoms with Crippen LogP contribution >= 0.6 is 0 Å². The minimum atomic E-state index is -4.43. The first-order valence-corrected chi connectivity index (χ1v) is 11.4. The molecule has 0 amide bonds. The van der Waals surface area contributed by atoms with E-state index in [1.807, 2.05) is 28.8 Å². The van der Waals surface area contributed by atoms with Crippen molar-refractivity contribution < 1.29 is 27.1 Å². The van der Waals surface area contributed by atoms with Gasteiger partial charge in [0.05, 0.1) is 28.8 Å². The molecule has 1 aromatic heterocycles. The topological polar surface area (TPSA) is 31.2 Å². The number of ether oxygens (including phenoxy) is 1. The molecule has 1 heterocycles. The van der Waals surface area contributed by atoms with Gasteiger partial charge in [-0.1, -0.05) is 18.2 Å². The number of halogens is 4. The molecule has 0 atom stereocenters. The number of hydrogen-bond donors (Lipinski definition) is 0. The Morgan fingerprint density at radius 3 is 2.17 bits per heavy atom. The van der Waals surface area contributed by atoms with Gasteiger partial charge in [0.1, 0.15) is 5.82 Å². The molecule has 0 spiro atoms. The number of carbonyl (C=O) groups excluding carboxylic acids is 1. The molecular formula is C29H21F4NO2. The molecule has 0 unspecified atom stereocenters. The van der Waals surface area contributed by atoms with Crippen molar-refractivity contribution in [3.63, 3.8) is 0 Å². The third-order valence-electron chi connectivity index (χ3n) is 6.09. The highest BCUT2D eigenvalue weighted by atomic mass is 19.4. The zero-order chi connectivity index (χ0) is 25.4. The Morgan fingerprint density at radius 1 is 0.833 bits per heavy atom. The number of benzene rings is 4. The van der Waals surface area contributed by atoms with E-state index in [9.17, 15) is 22.4 Å². The van der Waals surface area contributed by atoms with E-state index in [1.54, 1.807) is 31.2 Å². The van der Waals surface area contributed by atoms with Gasteiger partial charge in [-0.05, 0) is 91.2 Å².